The Morgan fingerprint density at radius 1 is 1.05 bits per heavy atom. The third-order valence-electron chi connectivity index (χ3n) is 7.28. The topological polar surface area (TPSA) is 164 Å². The maximum atomic E-state index is 13.0. The van der Waals surface area contributed by atoms with Gasteiger partial charge in [-0.3, -0.25) is 14.9 Å². The minimum absolute atomic E-state index is 0.169. The lowest BCUT2D eigenvalue weighted by Crippen LogP contribution is -2.52. The van der Waals surface area contributed by atoms with Gasteiger partial charge in [-0.25, -0.2) is 9.59 Å². The highest BCUT2D eigenvalue weighted by Gasteiger charge is 2.47. The van der Waals surface area contributed by atoms with Crippen LogP contribution < -0.4 is 16.4 Å². The number of nitrogens with two attached hydrogens (primary N) is 1. The Bertz CT molecular complexity index is 1320. The second-order valence-corrected chi connectivity index (χ2v) is 11.4. The average Bonchev–Trinajstić information content (AvgIpc) is 2.95. The fourth-order valence-corrected chi connectivity index (χ4v) is 5.11. The van der Waals surface area contributed by atoms with Gasteiger partial charge in [0.1, 0.15) is 18.8 Å². The van der Waals surface area contributed by atoms with Crippen molar-refractivity contribution in [2.45, 2.75) is 58.5 Å². The predicted molar refractivity (Wildman–Crippen MR) is 156 cm³/mol. The van der Waals surface area contributed by atoms with Gasteiger partial charge in [-0.2, -0.15) is 5.26 Å². The first kappa shape index (κ1) is 31.9. The molecular weight excluding hydrogens is 538 g/mol. The number of nitrogens with one attached hydrogen (secondary N) is 2. The van der Waals surface area contributed by atoms with E-state index in [1.165, 1.54) is 0 Å². The van der Waals surface area contributed by atoms with Gasteiger partial charge in [0.15, 0.2) is 0 Å². The smallest absolute Gasteiger partial charge is 0.411 e. The molecule has 1 heterocycles. The molecule has 1 aliphatic heterocycles. The molecule has 1 unspecified atom stereocenters. The van der Waals surface area contributed by atoms with Crippen LogP contribution in [0.3, 0.4) is 0 Å². The number of anilines is 1. The Balaban J connectivity index is 1.79. The molecule has 11 heteroatoms. The molecule has 0 aromatic heterocycles. The monoisotopic (exact) mass is 577 g/mol. The summed E-state index contributed by atoms with van der Waals surface area (Å²) in [4.78, 5) is 52.3. The Morgan fingerprint density at radius 2 is 1.69 bits per heavy atom. The van der Waals surface area contributed by atoms with Gasteiger partial charge in [-0.1, -0.05) is 37.3 Å². The Kier molecular flexibility index (Phi) is 10.5. The molecule has 42 heavy (non-hydrogen) atoms. The molecule has 0 saturated carbocycles. The van der Waals surface area contributed by atoms with E-state index in [4.69, 9.17) is 15.2 Å². The summed E-state index contributed by atoms with van der Waals surface area (Å²) >= 11 is 0. The van der Waals surface area contributed by atoms with Crippen molar-refractivity contribution in [2.75, 3.05) is 31.6 Å². The molecule has 4 N–H and O–H groups in total. The van der Waals surface area contributed by atoms with E-state index in [0.717, 1.165) is 12.0 Å². The van der Waals surface area contributed by atoms with Crippen LogP contribution >= 0.6 is 0 Å². The number of aryl methyl sites for hydroxylation is 1. The molecule has 1 fully saturated rings. The van der Waals surface area contributed by atoms with Gasteiger partial charge in [-0.15, -0.1) is 0 Å². The number of nitrogens with zero attached hydrogens (tertiary/aromatic N) is 2. The van der Waals surface area contributed by atoms with Crippen LogP contribution in [0.1, 0.15) is 63.1 Å². The molecular formula is C31H39N5O6. The highest BCUT2D eigenvalue weighted by molar-refractivity contribution is 5.86. The van der Waals surface area contributed by atoms with Gasteiger partial charge in [-0.05, 0) is 69.4 Å². The predicted octanol–water partition coefficient (Wildman–Crippen LogP) is 4.07. The fourth-order valence-electron chi connectivity index (χ4n) is 5.11. The summed E-state index contributed by atoms with van der Waals surface area (Å²) in [6, 6.07) is 16.2. The molecule has 4 amide bonds. The van der Waals surface area contributed by atoms with Crippen LogP contribution in [0.25, 0.3) is 0 Å². The van der Waals surface area contributed by atoms with E-state index in [-0.39, 0.29) is 45.0 Å². The molecule has 2 aromatic rings. The maximum absolute atomic E-state index is 13.0. The second-order valence-electron chi connectivity index (χ2n) is 11.4. The third kappa shape index (κ3) is 8.46. The molecule has 0 spiro atoms. The van der Waals surface area contributed by atoms with Crippen LogP contribution in [-0.4, -0.2) is 60.7 Å². The Hall–Kier alpha value is -4.59. The fraction of sp³-hybridized carbons (Fsp3) is 0.452. The van der Waals surface area contributed by atoms with E-state index in [2.05, 4.69) is 16.7 Å². The molecule has 1 aliphatic rings. The van der Waals surface area contributed by atoms with Gasteiger partial charge in [0.2, 0.25) is 11.8 Å². The maximum Gasteiger partial charge on any atom is 0.411 e. The molecule has 0 radical (unpaired) electrons. The first-order chi connectivity index (χ1) is 19.9. The zero-order valence-electron chi connectivity index (χ0n) is 24.6. The molecule has 1 atom stereocenters. The number of benzene rings is 2. The van der Waals surface area contributed by atoms with Crippen LogP contribution in [0.5, 0.6) is 0 Å². The molecule has 224 valence electrons. The minimum atomic E-state index is -0.989. The first-order valence-electron chi connectivity index (χ1n) is 13.9. The van der Waals surface area contributed by atoms with Gasteiger partial charge in [0.05, 0.1) is 17.6 Å². The summed E-state index contributed by atoms with van der Waals surface area (Å²) in [6.07, 6.45) is -0.0142. The number of nitriles is 1. The lowest BCUT2D eigenvalue weighted by atomic mass is 9.65. The summed E-state index contributed by atoms with van der Waals surface area (Å²) in [7, 11) is 0. The van der Waals surface area contributed by atoms with Crippen molar-refractivity contribution in [1.29, 1.82) is 5.26 Å². The van der Waals surface area contributed by atoms with Crippen molar-refractivity contribution in [3.8, 4) is 6.07 Å². The summed E-state index contributed by atoms with van der Waals surface area (Å²) in [5.41, 5.74) is 6.67. The number of primary amides is 1. The van der Waals surface area contributed by atoms with Gasteiger partial charge >= 0.3 is 12.2 Å². The number of hydrogen-bond acceptors (Lipinski definition) is 7. The van der Waals surface area contributed by atoms with Crippen LogP contribution in [0.15, 0.2) is 48.5 Å². The number of likely N-dealkylation sites (tertiary alicyclic amines) is 1. The number of rotatable bonds is 9. The number of ether oxygens (including phenoxy) is 2. The van der Waals surface area contributed by atoms with Crippen LogP contribution in [0, 0.1) is 16.7 Å². The highest BCUT2D eigenvalue weighted by atomic mass is 16.6. The zero-order chi connectivity index (χ0) is 30.9. The summed E-state index contributed by atoms with van der Waals surface area (Å²) in [5, 5.41) is 14.9. The largest absolute Gasteiger partial charge is 0.449 e. The number of piperidine rings is 1. The Morgan fingerprint density at radius 3 is 2.26 bits per heavy atom. The first-order valence-corrected chi connectivity index (χ1v) is 13.9. The number of amides is 4. The van der Waals surface area contributed by atoms with E-state index in [0.29, 0.717) is 16.8 Å². The lowest BCUT2D eigenvalue weighted by Gasteiger charge is -2.45. The third-order valence-corrected chi connectivity index (χ3v) is 7.28. The molecule has 0 bridgehead atoms. The van der Waals surface area contributed by atoms with E-state index in [1.54, 1.807) is 62.1 Å². The molecule has 3 rings (SSSR count). The molecule has 2 aromatic carbocycles. The highest BCUT2D eigenvalue weighted by Crippen LogP contribution is 2.46. The minimum Gasteiger partial charge on any atom is -0.449 e. The van der Waals surface area contributed by atoms with Gasteiger partial charge in [0, 0.05) is 24.2 Å². The Labute approximate surface area is 246 Å². The summed E-state index contributed by atoms with van der Waals surface area (Å²) < 4.78 is 10.9. The summed E-state index contributed by atoms with van der Waals surface area (Å²) in [5.74, 6) is -1.94. The molecule has 11 nitrogen and oxygen atoms in total. The van der Waals surface area contributed by atoms with Crippen molar-refractivity contribution < 1.29 is 28.7 Å². The van der Waals surface area contributed by atoms with E-state index in [9.17, 15) is 24.4 Å². The lowest BCUT2D eigenvalue weighted by molar-refractivity contribution is -0.134. The van der Waals surface area contributed by atoms with Crippen molar-refractivity contribution in [3.05, 3.63) is 65.2 Å². The van der Waals surface area contributed by atoms with Crippen molar-refractivity contribution >= 4 is 29.7 Å². The standard InChI is InChI=1S/C31H39N5O6/c1-5-21-10-12-23(13-11-21)35-29(40)41-20-31(26(27(33)38)24-9-7-6-8-22(24)18-32)14-16-36(17-15-31)25(37)19-34-28(39)42-30(2,3)4/h6-13,26H,5,14-17,19-20H2,1-4H3,(H2,33,38)(H,34,39)(H,35,40). The zero-order valence-corrected chi connectivity index (χ0v) is 24.6. The SMILES string of the molecule is CCc1ccc(NC(=O)OCC2(C(C(N)=O)c3ccccc3C#N)CCN(C(=O)CNC(=O)OC(C)(C)C)CC2)cc1. The molecule has 1 saturated heterocycles. The quantitative estimate of drug-likeness (QED) is 0.404. The number of hydrogen-bond donors (Lipinski definition) is 3. The van der Waals surface area contributed by atoms with Crippen LogP contribution in [0.4, 0.5) is 15.3 Å². The van der Waals surface area contributed by atoms with Gasteiger partial charge < -0.3 is 25.4 Å². The van der Waals surface area contributed by atoms with Crippen molar-refractivity contribution in [3.63, 3.8) is 0 Å². The number of carbonyl (C=O) groups is 4. The summed E-state index contributed by atoms with van der Waals surface area (Å²) in [6.45, 7) is 7.22. The van der Waals surface area contributed by atoms with Crippen LogP contribution in [0.2, 0.25) is 0 Å². The van der Waals surface area contributed by atoms with Crippen molar-refractivity contribution in [1.82, 2.24) is 10.2 Å². The van der Waals surface area contributed by atoms with E-state index < -0.39 is 35.0 Å². The number of alkyl carbamates (subject to hydrolysis) is 1. The second kappa shape index (κ2) is 13.9. The van der Waals surface area contributed by atoms with E-state index in [1.807, 2.05) is 19.1 Å². The molecule has 0 aliphatic carbocycles. The van der Waals surface area contributed by atoms with E-state index >= 15 is 0 Å². The normalized spacial score (nSPS) is 15.1. The van der Waals surface area contributed by atoms with Gasteiger partial charge in [0.25, 0.3) is 0 Å². The van der Waals surface area contributed by atoms with Crippen molar-refractivity contribution in [2.24, 2.45) is 11.1 Å². The number of carbonyl (C=O) groups excluding carboxylic acids is 4. The average molecular weight is 578 g/mol. The van der Waals surface area contributed by atoms with Crippen LogP contribution in [-0.2, 0) is 25.5 Å².